The molecule has 0 spiro atoms. The van der Waals surface area contributed by atoms with E-state index in [1.807, 2.05) is 6.07 Å². The molecule has 5 nitrogen and oxygen atoms in total. The number of nitrogens with zero attached hydrogens (tertiary/aromatic N) is 2. The minimum atomic E-state index is -0.0824. The van der Waals surface area contributed by atoms with Crippen molar-refractivity contribution in [3.8, 4) is 0 Å². The van der Waals surface area contributed by atoms with E-state index in [0.29, 0.717) is 28.8 Å². The van der Waals surface area contributed by atoms with Gasteiger partial charge in [0.1, 0.15) is 10.7 Å². The SMILES string of the molecule is CN(Cc1ccc(Cl)c(Cl)c1)C(=O)CCc1nc2sc3c(c2c(=O)[nH]1)CCCC3. The number of aromatic nitrogens is 2. The van der Waals surface area contributed by atoms with E-state index in [2.05, 4.69) is 9.97 Å². The lowest BCUT2D eigenvalue weighted by atomic mass is 9.97. The molecule has 0 radical (unpaired) electrons. The normalized spacial score (nSPS) is 13.5. The van der Waals surface area contributed by atoms with Crippen molar-refractivity contribution in [2.75, 3.05) is 7.05 Å². The summed E-state index contributed by atoms with van der Waals surface area (Å²) >= 11 is 13.6. The number of amides is 1. The zero-order valence-electron chi connectivity index (χ0n) is 16.1. The minimum Gasteiger partial charge on any atom is -0.341 e. The molecule has 4 rings (SSSR count). The van der Waals surface area contributed by atoms with Crippen molar-refractivity contribution < 1.29 is 4.79 Å². The summed E-state index contributed by atoms with van der Waals surface area (Å²) in [6.07, 6.45) is 4.96. The van der Waals surface area contributed by atoms with Gasteiger partial charge in [0.2, 0.25) is 5.91 Å². The van der Waals surface area contributed by atoms with Crippen LogP contribution in [0.3, 0.4) is 0 Å². The van der Waals surface area contributed by atoms with Crippen LogP contribution in [0.25, 0.3) is 10.2 Å². The second-order valence-corrected chi connectivity index (χ2v) is 9.30. The third-order valence-electron chi connectivity index (χ3n) is 5.28. The molecule has 2 heterocycles. The number of hydrogen-bond acceptors (Lipinski definition) is 4. The Hall–Kier alpha value is -1.89. The average Bonchev–Trinajstić information content (AvgIpc) is 3.07. The first kappa shape index (κ1) is 20.4. The largest absolute Gasteiger partial charge is 0.341 e. The highest BCUT2D eigenvalue weighted by Crippen LogP contribution is 2.33. The van der Waals surface area contributed by atoms with Crippen LogP contribution in [-0.4, -0.2) is 27.8 Å². The summed E-state index contributed by atoms with van der Waals surface area (Å²) in [7, 11) is 1.75. The van der Waals surface area contributed by atoms with E-state index in [4.69, 9.17) is 23.2 Å². The number of thiophene rings is 1. The van der Waals surface area contributed by atoms with Crippen molar-refractivity contribution in [3.05, 3.63) is 60.4 Å². The fraction of sp³-hybridized carbons (Fsp3) is 0.381. The van der Waals surface area contributed by atoms with E-state index in [9.17, 15) is 9.59 Å². The first-order chi connectivity index (χ1) is 13.9. The number of halogens is 2. The molecule has 1 aliphatic carbocycles. The Bertz CT molecular complexity index is 1140. The van der Waals surface area contributed by atoms with Crippen molar-refractivity contribution in [1.82, 2.24) is 14.9 Å². The van der Waals surface area contributed by atoms with Gasteiger partial charge in [0.15, 0.2) is 0 Å². The van der Waals surface area contributed by atoms with Crippen LogP contribution >= 0.6 is 34.5 Å². The van der Waals surface area contributed by atoms with Gasteiger partial charge in [-0.15, -0.1) is 11.3 Å². The van der Waals surface area contributed by atoms with Crippen molar-refractivity contribution in [2.45, 2.75) is 45.1 Å². The topological polar surface area (TPSA) is 66.1 Å². The Morgan fingerprint density at radius 2 is 2.03 bits per heavy atom. The molecule has 1 aromatic carbocycles. The summed E-state index contributed by atoms with van der Waals surface area (Å²) in [6, 6.07) is 5.34. The number of aromatic amines is 1. The lowest BCUT2D eigenvalue weighted by molar-refractivity contribution is -0.130. The molecule has 0 unspecified atom stereocenters. The zero-order chi connectivity index (χ0) is 20.5. The molecule has 29 heavy (non-hydrogen) atoms. The van der Waals surface area contributed by atoms with Crippen LogP contribution in [0.2, 0.25) is 10.0 Å². The summed E-state index contributed by atoms with van der Waals surface area (Å²) in [5.41, 5.74) is 2.00. The van der Waals surface area contributed by atoms with Crippen LogP contribution in [0.15, 0.2) is 23.0 Å². The van der Waals surface area contributed by atoms with Gasteiger partial charge in [0.05, 0.1) is 15.4 Å². The number of H-pyrrole nitrogens is 1. The van der Waals surface area contributed by atoms with Crippen LogP contribution in [-0.2, 0) is 30.6 Å². The van der Waals surface area contributed by atoms with E-state index in [0.717, 1.165) is 35.0 Å². The highest BCUT2D eigenvalue weighted by molar-refractivity contribution is 7.18. The molecule has 0 atom stereocenters. The maximum absolute atomic E-state index is 12.6. The number of nitrogens with one attached hydrogen (secondary N) is 1. The smallest absolute Gasteiger partial charge is 0.259 e. The number of rotatable bonds is 5. The molecule has 1 amide bonds. The van der Waals surface area contributed by atoms with Gasteiger partial charge < -0.3 is 9.88 Å². The molecule has 2 aromatic heterocycles. The quantitative estimate of drug-likeness (QED) is 0.610. The van der Waals surface area contributed by atoms with Crippen LogP contribution in [0.1, 0.15) is 41.1 Å². The van der Waals surface area contributed by atoms with Gasteiger partial charge in [-0.2, -0.15) is 0 Å². The fourth-order valence-corrected chi connectivity index (χ4v) is 5.34. The van der Waals surface area contributed by atoms with Crippen molar-refractivity contribution in [3.63, 3.8) is 0 Å². The van der Waals surface area contributed by atoms with Crippen molar-refractivity contribution in [1.29, 1.82) is 0 Å². The lowest BCUT2D eigenvalue weighted by Gasteiger charge is -2.17. The minimum absolute atomic E-state index is 0.0238. The number of carbonyl (C=O) groups excluding carboxylic acids is 1. The predicted molar refractivity (Wildman–Crippen MR) is 118 cm³/mol. The summed E-state index contributed by atoms with van der Waals surface area (Å²) in [5, 5.41) is 1.71. The molecule has 1 aliphatic rings. The summed E-state index contributed by atoms with van der Waals surface area (Å²) in [5.74, 6) is 0.543. The maximum atomic E-state index is 12.6. The van der Waals surface area contributed by atoms with E-state index >= 15 is 0 Å². The summed E-state index contributed by atoms with van der Waals surface area (Å²) < 4.78 is 0. The second-order valence-electron chi connectivity index (χ2n) is 7.40. The molecule has 152 valence electrons. The van der Waals surface area contributed by atoms with Crippen LogP contribution in [0.5, 0.6) is 0 Å². The Balaban J connectivity index is 1.44. The molecular weight excluding hydrogens is 429 g/mol. The average molecular weight is 450 g/mol. The van der Waals surface area contributed by atoms with Crippen LogP contribution in [0, 0.1) is 0 Å². The van der Waals surface area contributed by atoms with Gasteiger partial charge in [-0.3, -0.25) is 9.59 Å². The van der Waals surface area contributed by atoms with E-state index in [-0.39, 0.29) is 17.9 Å². The zero-order valence-corrected chi connectivity index (χ0v) is 18.4. The first-order valence-corrected chi connectivity index (χ1v) is 11.2. The monoisotopic (exact) mass is 449 g/mol. The highest BCUT2D eigenvalue weighted by atomic mass is 35.5. The third kappa shape index (κ3) is 4.34. The van der Waals surface area contributed by atoms with Gasteiger partial charge >= 0.3 is 0 Å². The maximum Gasteiger partial charge on any atom is 0.259 e. The van der Waals surface area contributed by atoms with Gasteiger partial charge in [-0.25, -0.2) is 4.98 Å². The first-order valence-electron chi connectivity index (χ1n) is 9.63. The van der Waals surface area contributed by atoms with Crippen molar-refractivity contribution in [2.24, 2.45) is 0 Å². The molecule has 0 aliphatic heterocycles. The number of benzene rings is 1. The van der Waals surface area contributed by atoms with Gasteiger partial charge in [-0.1, -0.05) is 29.3 Å². The molecule has 0 saturated heterocycles. The molecule has 1 N–H and O–H groups in total. The lowest BCUT2D eigenvalue weighted by Crippen LogP contribution is -2.26. The fourth-order valence-electron chi connectivity index (χ4n) is 3.74. The molecule has 8 heteroatoms. The molecule has 0 bridgehead atoms. The predicted octanol–water partition coefficient (Wildman–Crippen LogP) is 4.76. The Morgan fingerprint density at radius 3 is 2.83 bits per heavy atom. The Morgan fingerprint density at radius 1 is 1.24 bits per heavy atom. The van der Waals surface area contributed by atoms with E-state index in [1.165, 1.54) is 16.9 Å². The van der Waals surface area contributed by atoms with Gasteiger partial charge in [-0.05, 0) is 48.9 Å². The second kappa shape index (κ2) is 8.46. The van der Waals surface area contributed by atoms with Crippen LogP contribution < -0.4 is 5.56 Å². The number of hydrogen-bond donors (Lipinski definition) is 1. The molecule has 0 saturated carbocycles. The molecular formula is C21H21Cl2N3O2S. The molecule has 3 aromatic rings. The molecule has 0 fully saturated rings. The Kier molecular flexibility index (Phi) is 5.95. The Labute approximate surface area is 182 Å². The third-order valence-corrected chi connectivity index (χ3v) is 7.20. The summed E-state index contributed by atoms with van der Waals surface area (Å²) in [6.45, 7) is 0.441. The number of aryl methyl sites for hydroxylation is 3. The van der Waals surface area contributed by atoms with Gasteiger partial charge in [0, 0.05) is 31.3 Å². The standard InChI is InChI=1S/C21H21Cl2N3O2S/c1-26(11-12-6-7-14(22)15(23)10-12)18(27)9-8-17-24-20(28)19-13-4-2-3-5-16(13)29-21(19)25-17/h6-7,10H,2-5,8-9,11H2,1H3,(H,24,25,28). The van der Waals surface area contributed by atoms with E-state index < -0.39 is 0 Å². The van der Waals surface area contributed by atoms with E-state index in [1.54, 1.807) is 35.4 Å². The number of carbonyl (C=O) groups is 1. The highest BCUT2D eigenvalue weighted by Gasteiger charge is 2.20. The van der Waals surface area contributed by atoms with Crippen molar-refractivity contribution >= 4 is 50.7 Å². The number of fused-ring (bicyclic) bond motifs is 3. The summed E-state index contributed by atoms with van der Waals surface area (Å²) in [4.78, 5) is 36.4. The van der Waals surface area contributed by atoms with Gasteiger partial charge in [0.25, 0.3) is 5.56 Å². The van der Waals surface area contributed by atoms with Crippen LogP contribution in [0.4, 0.5) is 0 Å².